The second-order valence-electron chi connectivity index (χ2n) is 10.6. The Labute approximate surface area is 250 Å². The van der Waals surface area contributed by atoms with Gasteiger partial charge in [-0.3, -0.25) is 14.5 Å². The maximum atomic E-state index is 13.5. The van der Waals surface area contributed by atoms with E-state index in [4.69, 9.17) is 19.6 Å². The van der Waals surface area contributed by atoms with Crippen molar-refractivity contribution in [3.05, 3.63) is 84.2 Å². The zero-order valence-electron chi connectivity index (χ0n) is 24.6. The molecule has 5 rings (SSSR count). The average Bonchev–Trinajstić information content (AvgIpc) is 3.43. The van der Waals surface area contributed by atoms with Gasteiger partial charge in [0.1, 0.15) is 12.9 Å². The second kappa shape index (κ2) is 13.9. The number of nitrogens with zero attached hydrogens (tertiary/aromatic N) is 6. The van der Waals surface area contributed by atoms with Gasteiger partial charge in [0, 0.05) is 48.7 Å². The molecule has 12 nitrogen and oxygen atoms in total. The largest absolute Gasteiger partial charge is 0.493 e. The van der Waals surface area contributed by atoms with Crippen molar-refractivity contribution in [2.24, 2.45) is 5.92 Å². The van der Waals surface area contributed by atoms with Crippen molar-refractivity contribution in [2.75, 3.05) is 33.4 Å². The van der Waals surface area contributed by atoms with Gasteiger partial charge in [-0.1, -0.05) is 44.2 Å². The van der Waals surface area contributed by atoms with E-state index in [1.54, 1.807) is 42.4 Å². The van der Waals surface area contributed by atoms with Crippen LogP contribution in [0.15, 0.2) is 67.3 Å². The molecule has 0 saturated carbocycles. The Morgan fingerprint density at radius 1 is 1.05 bits per heavy atom. The van der Waals surface area contributed by atoms with E-state index in [0.29, 0.717) is 54.9 Å². The first kappa shape index (κ1) is 29.6. The van der Waals surface area contributed by atoms with Crippen LogP contribution in [0.1, 0.15) is 41.6 Å². The lowest BCUT2D eigenvalue weighted by Gasteiger charge is -2.26. The molecular formula is C31H36N8O4. The molecule has 2 bridgehead atoms. The summed E-state index contributed by atoms with van der Waals surface area (Å²) < 4.78 is 13.4. The lowest BCUT2D eigenvalue weighted by molar-refractivity contribution is -0.123. The van der Waals surface area contributed by atoms with E-state index in [1.165, 1.54) is 6.33 Å². The number of aromatic nitrogens is 5. The van der Waals surface area contributed by atoms with Crippen LogP contribution in [0, 0.1) is 5.92 Å². The van der Waals surface area contributed by atoms with Crippen molar-refractivity contribution < 1.29 is 19.1 Å². The van der Waals surface area contributed by atoms with E-state index in [9.17, 15) is 9.59 Å². The van der Waals surface area contributed by atoms with Crippen LogP contribution in [0.2, 0.25) is 0 Å². The Hall–Kier alpha value is -4.84. The summed E-state index contributed by atoms with van der Waals surface area (Å²) in [6.07, 6.45) is 4.90. The zero-order chi connectivity index (χ0) is 30.2. The number of fused-ring (bicyclic) bond motifs is 3. The van der Waals surface area contributed by atoms with E-state index < -0.39 is 6.04 Å². The quantitative estimate of drug-likeness (QED) is 0.363. The standard InChI is InChI=1S/C31H36N8O4/c1-21(2)28-30-36-29(23-7-5-4-6-8-23)37-39(30)13-14-43-26-15-24(9-10-25(26)42-3)31(41)34-11-12-38(19-27(40)35-28)18-22-16-32-20-33-17-22/h4-10,15-17,20-21,28H,11-14,18-19H2,1-3H3,(H,34,41)(H,35,40)/t28-/m1/s1. The van der Waals surface area contributed by atoms with Crippen LogP contribution >= 0.6 is 0 Å². The summed E-state index contributed by atoms with van der Waals surface area (Å²) in [7, 11) is 1.56. The van der Waals surface area contributed by atoms with Crippen LogP contribution in [0.4, 0.5) is 0 Å². The summed E-state index contributed by atoms with van der Waals surface area (Å²) in [6.45, 7) is 5.95. The van der Waals surface area contributed by atoms with Gasteiger partial charge in [0.05, 0.1) is 26.2 Å². The Kier molecular flexibility index (Phi) is 9.57. The van der Waals surface area contributed by atoms with Crippen LogP contribution in [-0.4, -0.2) is 74.8 Å². The lowest BCUT2D eigenvalue weighted by Crippen LogP contribution is -2.43. The molecule has 12 heteroatoms. The molecule has 224 valence electrons. The topological polar surface area (TPSA) is 136 Å². The molecule has 4 aromatic rings. The number of amides is 2. The van der Waals surface area contributed by atoms with Crippen molar-refractivity contribution >= 4 is 11.8 Å². The highest BCUT2D eigenvalue weighted by Crippen LogP contribution is 2.29. The third kappa shape index (κ3) is 7.52. The van der Waals surface area contributed by atoms with Crippen molar-refractivity contribution in [1.82, 2.24) is 40.3 Å². The van der Waals surface area contributed by atoms with Crippen LogP contribution in [0.5, 0.6) is 11.5 Å². The molecule has 1 atom stereocenters. The predicted octanol–water partition coefficient (Wildman–Crippen LogP) is 2.88. The summed E-state index contributed by atoms with van der Waals surface area (Å²) in [4.78, 5) is 41.6. The molecule has 1 aliphatic rings. The number of ether oxygens (including phenoxy) is 2. The highest BCUT2D eigenvalue weighted by molar-refractivity contribution is 5.94. The number of benzene rings is 2. The van der Waals surface area contributed by atoms with Crippen LogP contribution in [-0.2, 0) is 17.9 Å². The Balaban J connectivity index is 1.50. The van der Waals surface area contributed by atoms with E-state index in [1.807, 2.05) is 49.1 Å². The van der Waals surface area contributed by atoms with E-state index in [0.717, 1.165) is 11.1 Å². The minimum atomic E-state index is -0.410. The fraction of sp³-hybridized carbons (Fsp3) is 0.355. The minimum absolute atomic E-state index is 0.0190. The molecule has 2 aromatic carbocycles. The number of methoxy groups -OCH3 is 1. The summed E-state index contributed by atoms with van der Waals surface area (Å²) in [6, 6.07) is 14.4. The Morgan fingerprint density at radius 3 is 2.58 bits per heavy atom. The molecule has 0 saturated heterocycles. The fourth-order valence-electron chi connectivity index (χ4n) is 4.90. The van der Waals surface area contributed by atoms with Gasteiger partial charge in [0.15, 0.2) is 23.1 Å². The number of carbonyl (C=O) groups is 2. The molecule has 43 heavy (non-hydrogen) atoms. The maximum Gasteiger partial charge on any atom is 0.251 e. The van der Waals surface area contributed by atoms with Gasteiger partial charge in [-0.05, 0) is 24.1 Å². The molecule has 0 unspecified atom stereocenters. The molecule has 0 aliphatic carbocycles. The number of hydrogen-bond acceptors (Lipinski definition) is 9. The third-order valence-corrected chi connectivity index (χ3v) is 7.08. The van der Waals surface area contributed by atoms with Gasteiger partial charge in [0.2, 0.25) is 5.91 Å². The highest BCUT2D eigenvalue weighted by atomic mass is 16.5. The number of rotatable bonds is 5. The summed E-state index contributed by atoms with van der Waals surface area (Å²) in [5, 5.41) is 11.0. The summed E-state index contributed by atoms with van der Waals surface area (Å²) >= 11 is 0. The van der Waals surface area contributed by atoms with Crippen molar-refractivity contribution in [1.29, 1.82) is 0 Å². The predicted molar refractivity (Wildman–Crippen MR) is 159 cm³/mol. The zero-order valence-corrected chi connectivity index (χ0v) is 24.6. The summed E-state index contributed by atoms with van der Waals surface area (Å²) in [5.41, 5.74) is 2.17. The molecule has 0 fully saturated rings. The molecule has 0 spiro atoms. The first-order valence-electron chi connectivity index (χ1n) is 14.3. The van der Waals surface area contributed by atoms with Gasteiger partial charge in [0.25, 0.3) is 5.91 Å². The number of hydrogen-bond donors (Lipinski definition) is 2. The van der Waals surface area contributed by atoms with Crippen molar-refractivity contribution in [3.8, 4) is 22.9 Å². The van der Waals surface area contributed by atoms with Gasteiger partial charge in [-0.15, -0.1) is 0 Å². The molecular weight excluding hydrogens is 548 g/mol. The number of nitrogens with one attached hydrogen (secondary N) is 2. The lowest BCUT2D eigenvalue weighted by atomic mass is 10.0. The Morgan fingerprint density at radius 2 is 1.84 bits per heavy atom. The second-order valence-corrected chi connectivity index (χ2v) is 10.6. The highest BCUT2D eigenvalue weighted by Gasteiger charge is 2.27. The average molecular weight is 585 g/mol. The van der Waals surface area contributed by atoms with E-state index in [-0.39, 0.29) is 30.9 Å². The van der Waals surface area contributed by atoms with Crippen LogP contribution in [0.25, 0.3) is 11.4 Å². The first-order valence-corrected chi connectivity index (χ1v) is 14.3. The van der Waals surface area contributed by atoms with Crippen LogP contribution in [0.3, 0.4) is 0 Å². The first-order chi connectivity index (χ1) is 20.9. The fourth-order valence-corrected chi connectivity index (χ4v) is 4.90. The SMILES string of the molecule is COc1ccc2cc1OCCn1nc(-c3ccccc3)nc1[C@@H](C(C)C)NC(=O)CN(Cc1cncnc1)CCNC2=O. The van der Waals surface area contributed by atoms with Gasteiger partial charge in [-0.25, -0.2) is 19.6 Å². The van der Waals surface area contributed by atoms with Crippen LogP contribution < -0.4 is 20.1 Å². The number of carbonyl (C=O) groups excluding carboxylic acids is 2. The van der Waals surface area contributed by atoms with E-state index in [2.05, 4.69) is 20.6 Å². The van der Waals surface area contributed by atoms with Gasteiger partial charge in [-0.2, -0.15) is 5.10 Å². The van der Waals surface area contributed by atoms with Gasteiger partial charge >= 0.3 is 0 Å². The molecule has 0 radical (unpaired) electrons. The maximum absolute atomic E-state index is 13.5. The molecule has 3 heterocycles. The Bertz CT molecular complexity index is 1530. The summed E-state index contributed by atoms with van der Waals surface area (Å²) in [5.74, 6) is 1.75. The molecule has 1 aliphatic heterocycles. The minimum Gasteiger partial charge on any atom is -0.493 e. The normalized spacial score (nSPS) is 16.9. The monoisotopic (exact) mass is 584 g/mol. The smallest absolute Gasteiger partial charge is 0.251 e. The van der Waals surface area contributed by atoms with Crippen molar-refractivity contribution in [3.63, 3.8) is 0 Å². The third-order valence-electron chi connectivity index (χ3n) is 7.08. The molecule has 2 aromatic heterocycles. The van der Waals surface area contributed by atoms with Crippen molar-refractivity contribution in [2.45, 2.75) is 33.0 Å². The molecule has 2 N–H and O–H groups in total. The van der Waals surface area contributed by atoms with Gasteiger partial charge < -0.3 is 20.1 Å². The molecule has 2 amide bonds. The van der Waals surface area contributed by atoms with E-state index >= 15 is 0 Å².